The van der Waals surface area contributed by atoms with E-state index in [1.165, 1.54) is 13.0 Å². The van der Waals surface area contributed by atoms with Crippen molar-refractivity contribution in [2.45, 2.75) is 124 Å². The molecule has 0 N–H and O–H groups in total. The van der Waals surface area contributed by atoms with Gasteiger partial charge in [0.2, 0.25) is 11.2 Å². The maximum Gasteiger partial charge on any atom is 0.351 e. The van der Waals surface area contributed by atoms with E-state index in [0.29, 0.717) is 18.2 Å². The molecule has 13 nitrogen and oxygen atoms in total. The molecule has 2 aromatic rings. The number of benzene rings is 1. The lowest BCUT2D eigenvalue weighted by Gasteiger charge is -2.45. The van der Waals surface area contributed by atoms with E-state index in [-0.39, 0.29) is 41.9 Å². The summed E-state index contributed by atoms with van der Waals surface area (Å²) in [5.41, 5.74) is -9.01. The number of carbonyl (C=O) groups excluding carboxylic acids is 5. The van der Waals surface area contributed by atoms with Gasteiger partial charge in [-0.1, -0.05) is 27.7 Å². The minimum absolute atomic E-state index is 0.0101. The van der Waals surface area contributed by atoms with Gasteiger partial charge in [0.25, 0.3) is 0 Å². The highest BCUT2D eigenvalue weighted by Crippen LogP contribution is 2.67. The predicted molar refractivity (Wildman–Crippen MR) is 171 cm³/mol. The van der Waals surface area contributed by atoms with E-state index < -0.39 is 86.1 Å². The summed E-state index contributed by atoms with van der Waals surface area (Å²) in [4.78, 5) is 79.8. The molecule has 0 spiro atoms. The normalized spacial score (nSPS) is 35.1. The van der Waals surface area contributed by atoms with Crippen LogP contribution in [0.4, 0.5) is 0 Å². The summed E-state index contributed by atoms with van der Waals surface area (Å²) < 4.78 is 41.6. The molecule has 13 heteroatoms. The Bertz CT molecular complexity index is 1970. The van der Waals surface area contributed by atoms with Crippen LogP contribution in [0.25, 0.3) is 11.0 Å². The fraction of sp³-hybridized carbons (Fsp3) is 0.622. The Morgan fingerprint density at radius 1 is 0.760 bits per heavy atom. The molecule has 4 bridgehead atoms. The first-order valence-electron chi connectivity index (χ1n) is 16.9. The van der Waals surface area contributed by atoms with Crippen LogP contribution in [0, 0.1) is 21.7 Å². The van der Waals surface area contributed by atoms with Crippen LogP contribution in [0.5, 0.6) is 5.75 Å². The molecule has 3 aliphatic heterocycles. The molecule has 0 amide bonds. The van der Waals surface area contributed by atoms with Gasteiger partial charge in [0.1, 0.15) is 23.5 Å². The van der Waals surface area contributed by atoms with E-state index in [1.54, 1.807) is 67.5 Å². The van der Waals surface area contributed by atoms with Gasteiger partial charge in [-0.05, 0) is 71.6 Å². The van der Waals surface area contributed by atoms with Crippen molar-refractivity contribution in [3.63, 3.8) is 0 Å². The fourth-order valence-electron chi connectivity index (χ4n) is 8.88. The topological polar surface area (TPSA) is 171 Å². The largest absolute Gasteiger partial charge is 0.483 e. The van der Waals surface area contributed by atoms with Crippen molar-refractivity contribution in [3.05, 3.63) is 39.7 Å². The molecule has 50 heavy (non-hydrogen) atoms. The Hall–Kier alpha value is -4.42. The molecule has 0 unspecified atom stereocenters. The number of hydrogen-bond acceptors (Lipinski definition) is 13. The van der Waals surface area contributed by atoms with Crippen molar-refractivity contribution in [1.29, 1.82) is 0 Å². The zero-order valence-corrected chi connectivity index (χ0v) is 29.7. The van der Waals surface area contributed by atoms with Crippen LogP contribution in [-0.2, 0) is 54.3 Å². The first-order valence-corrected chi connectivity index (χ1v) is 16.9. The molecule has 5 aliphatic rings. The average molecular weight is 695 g/mol. The van der Waals surface area contributed by atoms with Gasteiger partial charge in [0, 0.05) is 23.1 Å². The van der Waals surface area contributed by atoms with Crippen LogP contribution in [0.2, 0.25) is 0 Å². The highest BCUT2D eigenvalue weighted by atomic mass is 16.7. The first-order chi connectivity index (χ1) is 23.1. The van der Waals surface area contributed by atoms with Crippen molar-refractivity contribution >= 4 is 40.8 Å². The van der Waals surface area contributed by atoms with Gasteiger partial charge in [0.05, 0.1) is 22.0 Å². The fourth-order valence-corrected chi connectivity index (χ4v) is 8.88. The third-order valence-electron chi connectivity index (χ3n) is 13.3. The van der Waals surface area contributed by atoms with E-state index in [4.69, 9.17) is 32.8 Å². The smallest absolute Gasteiger partial charge is 0.351 e. The van der Waals surface area contributed by atoms with E-state index >= 15 is 0 Å². The quantitative estimate of drug-likeness (QED) is 0.230. The number of hydrogen-bond donors (Lipinski definition) is 0. The van der Waals surface area contributed by atoms with Crippen LogP contribution >= 0.6 is 0 Å². The lowest BCUT2D eigenvalue weighted by Crippen LogP contribution is -2.57. The molecule has 2 saturated carbocycles. The second-order valence-electron chi connectivity index (χ2n) is 16.4. The van der Waals surface area contributed by atoms with Crippen molar-refractivity contribution in [2.75, 3.05) is 0 Å². The van der Waals surface area contributed by atoms with Crippen molar-refractivity contribution in [1.82, 2.24) is 0 Å². The summed E-state index contributed by atoms with van der Waals surface area (Å²) in [5, 5.41) is 0.384. The molecular formula is C37H42O13. The van der Waals surface area contributed by atoms with E-state index in [0.717, 1.165) is 0 Å². The highest BCUT2D eigenvalue weighted by molar-refractivity contribution is 5.95. The second-order valence-corrected chi connectivity index (χ2v) is 16.4. The van der Waals surface area contributed by atoms with Crippen LogP contribution in [0.15, 0.2) is 27.4 Å². The van der Waals surface area contributed by atoms with Crippen molar-refractivity contribution in [2.24, 2.45) is 21.7 Å². The first kappa shape index (κ1) is 34.0. The Balaban J connectivity index is 1.36. The highest BCUT2D eigenvalue weighted by Gasteiger charge is 2.78. The lowest BCUT2D eigenvalue weighted by molar-refractivity contribution is -0.217. The van der Waals surface area contributed by atoms with E-state index in [9.17, 15) is 28.8 Å². The standard InChI is InChI=1S/C37H42O13/c1-18(38)44-17-20-16-19-10-11-21-22(23(19)45-26(20)39)24(46-29(42)36-14-12-34(8,27(40)49-36)32(36,4)5)25(31(2,3)48-21)47-30(43)37-15-13-35(9,28(41)50-37)33(37,6)7/h10-11,16,24-25H,12-15,17H2,1-9H3/t24-,25-,34+,35+,36-,37-/m1/s1. The summed E-state index contributed by atoms with van der Waals surface area (Å²) in [6, 6.07) is 4.74. The third kappa shape index (κ3) is 4.00. The van der Waals surface area contributed by atoms with E-state index in [1.807, 2.05) is 0 Å². The minimum Gasteiger partial charge on any atom is -0.483 e. The van der Waals surface area contributed by atoms with E-state index in [2.05, 4.69) is 0 Å². The van der Waals surface area contributed by atoms with Crippen molar-refractivity contribution < 1.29 is 56.8 Å². The second kappa shape index (κ2) is 10.1. The zero-order valence-electron chi connectivity index (χ0n) is 29.7. The van der Waals surface area contributed by atoms with Gasteiger partial charge in [0.15, 0.2) is 12.2 Å². The summed E-state index contributed by atoms with van der Waals surface area (Å²) >= 11 is 0. The molecular weight excluding hydrogens is 652 g/mol. The molecule has 268 valence electrons. The molecule has 4 heterocycles. The van der Waals surface area contributed by atoms with Crippen molar-refractivity contribution in [3.8, 4) is 5.75 Å². The number of fused-ring (bicyclic) bond motifs is 7. The van der Waals surface area contributed by atoms with Crippen LogP contribution in [0.3, 0.4) is 0 Å². The monoisotopic (exact) mass is 694 g/mol. The number of esters is 5. The van der Waals surface area contributed by atoms with Crippen LogP contribution in [0.1, 0.15) is 105 Å². The van der Waals surface area contributed by atoms with Gasteiger partial charge in [-0.15, -0.1) is 0 Å². The van der Waals surface area contributed by atoms with Gasteiger partial charge in [-0.3, -0.25) is 14.4 Å². The average Bonchev–Trinajstić information content (AvgIpc) is 3.49. The number of ether oxygens (including phenoxy) is 6. The maximum absolute atomic E-state index is 14.5. The Labute approximate surface area is 288 Å². The lowest BCUT2D eigenvalue weighted by atomic mass is 9.66. The predicted octanol–water partition coefficient (Wildman–Crippen LogP) is 4.77. The van der Waals surface area contributed by atoms with Gasteiger partial charge >= 0.3 is 35.5 Å². The maximum atomic E-state index is 14.5. The molecule has 2 saturated heterocycles. The Kier molecular flexibility index (Phi) is 6.87. The minimum atomic E-state index is -1.65. The molecule has 2 aliphatic carbocycles. The van der Waals surface area contributed by atoms with Crippen LogP contribution < -0.4 is 10.4 Å². The number of carbonyl (C=O) groups is 5. The van der Waals surface area contributed by atoms with Gasteiger partial charge < -0.3 is 32.8 Å². The van der Waals surface area contributed by atoms with Crippen LogP contribution in [-0.4, -0.2) is 52.8 Å². The molecule has 6 atom stereocenters. The Morgan fingerprint density at radius 2 is 1.30 bits per heavy atom. The molecule has 1 aromatic carbocycles. The zero-order chi connectivity index (χ0) is 36.6. The Morgan fingerprint density at radius 3 is 1.78 bits per heavy atom. The molecule has 0 radical (unpaired) electrons. The summed E-state index contributed by atoms with van der Waals surface area (Å²) in [6.45, 7) is 14.9. The molecule has 4 fully saturated rings. The molecule has 7 rings (SSSR count). The SMILES string of the molecule is CC(=O)OCc1cc2ccc3c(c2oc1=O)[C@@H](OC(=O)[C@@]12CC[C@@](C)(C(=O)O1)C2(C)C)[C@@H](OC(=O)[C@@]12CC[C@@](C)(C(=O)O1)C2(C)C)C(C)(C)O3. The summed E-state index contributed by atoms with van der Waals surface area (Å²) in [5.74, 6) is -3.07. The summed E-state index contributed by atoms with van der Waals surface area (Å²) in [7, 11) is 0. The van der Waals surface area contributed by atoms with Gasteiger partial charge in [-0.25, -0.2) is 14.4 Å². The number of rotatable bonds is 6. The summed E-state index contributed by atoms with van der Waals surface area (Å²) in [6.07, 6.45) is -1.58. The third-order valence-corrected chi connectivity index (χ3v) is 13.3. The molecule has 1 aromatic heterocycles. The van der Waals surface area contributed by atoms with Gasteiger partial charge in [-0.2, -0.15) is 0 Å².